The third-order valence-electron chi connectivity index (χ3n) is 4.06. The van der Waals surface area contributed by atoms with Gasteiger partial charge in [0.2, 0.25) is 10.0 Å². The zero-order chi connectivity index (χ0) is 14.9. The molecule has 0 amide bonds. The van der Waals surface area contributed by atoms with Crippen molar-refractivity contribution in [2.75, 3.05) is 13.1 Å². The molecule has 4 nitrogen and oxygen atoms in total. The van der Waals surface area contributed by atoms with Crippen LogP contribution in [0, 0.1) is 19.8 Å². The van der Waals surface area contributed by atoms with Gasteiger partial charge in [0, 0.05) is 12.6 Å². The Labute approximate surface area is 122 Å². The molecule has 1 heterocycles. The third kappa shape index (κ3) is 3.05. The molecular formula is C15H24N2O2S. The number of piperidine rings is 1. The van der Waals surface area contributed by atoms with Crippen molar-refractivity contribution in [1.29, 1.82) is 0 Å². The van der Waals surface area contributed by atoms with E-state index in [1.807, 2.05) is 26.8 Å². The molecular weight excluding hydrogens is 272 g/mol. The maximum absolute atomic E-state index is 12.8. The number of nitrogens with zero attached hydrogens (tertiary/aromatic N) is 1. The maximum Gasteiger partial charge on any atom is 0.243 e. The van der Waals surface area contributed by atoms with E-state index in [2.05, 4.69) is 0 Å². The molecule has 1 fully saturated rings. The monoisotopic (exact) mass is 296 g/mol. The van der Waals surface area contributed by atoms with Crippen molar-refractivity contribution in [3.63, 3.8) is 0 Å². The number of hydrogen-bond acceptors (Lipinski definition) is 3. The predicted molar refractivity (Wildman–Crippen MR) is 81.0 cm³/mol. The van der Waals surface area contributed by atoms with Gasteiger partial charge >= 0.3 is 0 Å². The van der Waals surface area contributed by atoms with E-state index in [0.29, 0.717) is 18.0 Å². The van der Waals surface area contributed by atoms with Crippen LogP contribution < -0.4 is 5.73 Å². The molecule has 1 aliphatic heterocycles. The number of rotatable bonds is 3. The Morgan fingerprint density at radius 3 is 2.35 bits per heavy atom. The first-order valence-electron chi connectivity index (χ1n) is 7.15. The van der Waals surface area contributed by atoms with Gasteiger partial charge in [-0.15, -0.1) is 0 Å². The summed E-state index contributed by atoms with van der Waals surface area (Å²) in [5.41, 5.74) is 7.67. The van der Waals surface area contributed by atoms with Crippen LogP contribution in [0.3, 0.4) is 0 Å². The Morgan fingerprint density at radius 1 is 1.20 bits per heavy atom. The second-order valence-electron chi connectivity index (χ2n) is 5.93. The van der Waals surface area contributed by atoms with Gasteiger partial charge in [-0.2, -0.15) is 4.31 Å². The van der Waals surface area contributed by atoms with Crippen LogP contribution in [0.5, 0.6) is 0 Å². The van der Waals surface area contributed by atoms with Gasteiger partial charge < -0.3 is 5.73 Å². The summed E-state index contributed by atoms with van der Waals surface area (Å²) in [5.74, 6) is 0.270. The molecule has 2 atom stereocenters. The van der Waals surface area contributed by atoms with Crippen LogP contribution in [-0.2, 0) is 10.0 Å². The average molecular weight is 296 g/mol. The molecule has 20 heavy (non-hydrogen) atoms. The largest absolute Gasteiger partial charge is 0.330 e. The van der Waals surface area contributed by atoms with Crippen LogP contribution in [0.25, 0.3) is 0 Å². The van der Waals surface area contributed by atoms with Gasteiger partial charge in [0.05, 0.1) is 4.90 Å². The van der Waals surface area contributed by atoms with Crippen LogP contribution in [0.2, 0.25) is 0 Å². The Kier molecular flexibility index (Phi) is 4.52. The molecule has 1 aromatic carbocycles. The minimum Gasteiger partial charge on any atom is -0.330 e. The highest BCUT2D eigenvalue weighted by Crippen LogP contribution is 2.28. The highest BCUT2D eigenvalue weighted by Gasteiger charge is 2.34. The highest BCUT2D eigenvalue weighted by molar-refractivity contribution is 7.89. The van der Waals surface area contributed by atoms with Crippen LogP contribution in [0.1, 0.15) is 30.9 Å². The van der Waals surface area contributed by atoms with E-state index >= 15 is 0 Å². The Balaban J connectivity index is 2.37. The Morgan fingerprint density at radius 2 is 1.80 bits per heavy atom. The van der Waals surface area contributed by atoms with Crippen LogP contribution in [0.4, 0.5) is 0 Å². The van der Waals surface area contributed by atoms with E-state index in [1.54, 1.807) is 16.4 Å². The lowest BCUT2D eigenvalue weighted by Gasteiger charge is -2.36. The third-order valence-corrected chi connectivity index (χ3v) is 6.02. The number of aryl methyl sites for hydroxylation is 2. The first kappa shape index (κ1) is 15.5. The molecule has 2 N–H and O–H groups in total. The molecule has 0 bridgehead atoms. The molecule has 2 rings (SSSR count). The van der Waals surface area contributed by atoms with Gasteiger partial charge in [0.1, 0.15) is 0 Å². The molecule has 1 aliphatic rings. The summed E-state index contributed by atoms with van der Waals surface area (Å²) >= 11 is 0. The van der Waals surface area contributed by atoms with Gasteiger partial charge in [0.15, 0.2) is 0 Å². The highest BCUT2D eigenvalue weighted by atomic mass is 32.2. The van der Waals surface area contributed by atoms with Gasteiger partial charge in [0.25, 0.3) is 0 Å². The number of hydrogen-bond donors (Lipinski definition) is 1. The van der Waals surface area contributed by atoms with Crippen molar-refractivity contribution >= 4 is 10.0 Å². The molecule has 5 heteroatoms. The van der Waals surface area contributed by atoms with Gasteiger partial charge in [-0.3, -0.25) is 0 Å². The van der Waals surface area contributed by atoms with Crippen molar-refractivity contribution in [2.45, 2.75) is 44.6 Å². The molecule has 1 aromatic rings. The number of sulfonamides is 1. The fourth-order valence-corrected chi connectivity index (χ4v) is 4.82. The Bertz CT molecular complexity index is 563. The number of nitrogens with two attached hydrogens (primary N) is 1. The van der Waals surface area contributed by atoms with Crippen molar-refractivity contribution in [2.24, 2.45) is 11.7 Å². The summed E-state index contributed by atoms with van der Waals surface area (Å²) in [6.07, 6.45) is 1.89. The molecule has 0 aromatic heterocycles. The van der Waals surface area contributed by atoms with Crippen molar-refractivity contribution in [3.8, 4) is 0 Å². The van der Waals surface area contributed by atoms with E-state index in [1.165, 1.54) is 0 Å². The molecule has 0 saturated carbocycles. The van der Waals surface area contributed by atoms with Crippen molar-refractivity contribution in [3.05, 3.63) is 29.3 Å². The van der Waals surface area contributed by atoms with E-state index < -0.39 is 10.0 Å². The second-order valence-corrected chi connectivity index (χ2v) is 7.82. The van der Waals surface area contributed by atoms with E-state index in [0.717, 1.165) is 24.0 Å². The van der Waals surface area contributed by atoms with Crippen LogP contribution in [0.15, 0.2) is 23.1 Å². The minimum absolute atomic E-state index is 0.0450. The van der Waals surface area contributed by atoms with Crippen molar-refractivity contribution < 1.29 is 8.42 Å². The van der Waals surface area contributed by atoms with Crippen molar-refractivity contribution in [1.82, 2.24) is 4.31 Å². The van der Waals surface area contributed by atoms with Gasteiger partial charge in [-0.1, -0.05) is 6.07 Å². The Hall–Kier alpha value is -0.910. The summed E-state index contributed by atoms with van der Waals surface area (Å²) in [5, 5.41) is 0. The lowest BCUT2D eigenvalue weighted by Crippen LogP contribution is -2.47. The fraction of sp³-hybridized carbons (Fsp3) is 0.600. The quantitative estimate of drug-likeness (QED) is 0.928. The molecule has 0 spiro atoms. The SMILES string of the molecule is Cc1cc(C)cc(S(=O)(=O)N2CC(CN)CCC2C)c1. The second kappa shape index (κ2) is 5.84. The fourth-order valence-electron chi connectivity index (χ4n) is 2.89. The van der Waals surface area contributed by atoms with Gasteiger partial charge in [-0.05, 0) is 69.3 Å². The minimum atomic E-state index is -3.42. The average Bonchev–Trinajstić information content (AvgIpc) is 2.38. The van der Waals surface area contributed by atoms with E-state index in [-0.39, 0.29) is 12.0 Å². The lowest BCUT2D eigenvalue weighted by atomic mass is 9.96. The maximum atomic E-state index is 12.8. The number of benzene rings is 1. The first-order chi connectivity index (χ1) is 9.34. The topological polar surface area (TPSA) is 63.4 Å². The smallest absolute Gasteiger partial charge is 0.243 e. The summed E-state index contributed by atoms with van der Waals surface area (Å²) in [6, 6.07) is 5.53. The summed E-state index contributed by atoms with van der Waals surface area (Å²) in [6.45, 7) is 6.91. The summed E-state index contributed by atoms with van der Waals surface area (Å²) in [4.78, 5) is 0.402. The zero-order valence-electron chi connectivity index (χ0n) is 12.5. The molecule has 112 valence electrons. The normalized spacial score (nSPS) is 24.8. The summed E-state index contributed by atoms with van der Waals surface area (Å²) < 4.78 is 27.3. The molecule has 1 saturated heterocycles. The predicted octanol–water partition coefficient (Wildman–Crippen LogP) is 2.05. The zero-order valence-corrected chi connectivity index (χ0v) is 13.3. The van der Waals surface area contributed by atoms with E-state index in [4.69, 9.17) is 5.73 Å². The lowest BCUT2D eigenvalue weighted by molar-refractivity contribution is 0.211. The molecule has 0 aliphatic carbocycles. The van der Waals surface area contributed by atoms with Crippen LogP contribution >= 0.6 is 0 Å². The molecule has 0 radical (unpaired) electrons. The molecule has 2 unspecified atom stereocenters. The van der Waals surface area contributed by atoms with Crippen LogP contribution in [-0.4, -0.2) is 31.9 Å². The van der Waals surface area contributed by atoms with Gasteiger partial charge in [-0.25, -0.2) is 8.42 Å². The summed E-state index contributed by atoms with van der Waals surface area (Å²) in [7, 11) is -3.42. The standard InChI is InChI=1S/C15H24N2O2S/c1-11-6-12(2)8-15(7-11)20(18,19)17-10-14(9-16)5-4-13(17)3/h6-8,13-14H,4-5,9-10,16H2,1-3H3. The first-order valence-corrected chi connectivity index (χ1v) is 8.59. The van der Waals surface area contributed by atoms with E-state index in [9.17, 15) is 8.42 Å².